The number of phenolic OH excluding ortho intramolecular Hbond substituents is 1. The summed E-state index contributed by atoms with van der Waals surface area (Å²) in [6, 6.07) is 5.51. The molecule has 1 heterocycles. The van der Waals surface area contributed by atoms with Crippen molar-refractivity contribution in [3.8, 4) is 5.75 Å². The minimum Gasteiger partial charge on any atom is -0.508 e. The highest BCUT2D eigenvalue weighted by Crippen LogP contribution is 2.58. The van der Waals surface area contributed by atoms with Gasteiger partial charge in [0.1, 0.15) is 5.75 Å². The molecule has 0 radical (unpaired) electrons. The van der Waals surface area contributed by atoms with Crippen LogP contribution in [0.4, 0.5) is 0 Å². The van der Waals surface area contributed by atoms with Gasteiger partial charge in [0.15, 0.2) is 0 Å². The van der Waals surface area contributed by atoms with Crippen molar-refractivity contribution in [3.05, 3.63) is 29.3 Å². The van der Waals surface area contributed by atoms with Gasteiger partial charge in [0.05, 0.1) is 11.7 Å². The number of aliphatic hydroxyl groups excluding tert-OH is 1. The van der Waals surface area contributed by atoms with Crippen molar-refractivity contribution < 1.29 is 15.3 Å². The molecule has 1 unspecified atom stereocenters. The number of piperidine rings is 1. The quantitative estimate of drug-likeness (QED) is 0.643. The van der Waals surface area contributed by atoms with Gasteiger partial charge in [0.2, 0.25) is 0 Å². The van der Waals surface area contributed by atoms with E-state index in [0.717, 1.165) is 31.5 Å². The second-order valence-corrected chi connectivity index (χ2v) is 7.94. The number of aromatic hydroxyl groups is 1. The average Bonchev–Trinajstić information content (AvgIpc) is 2.53. The standard InChI is InChI=1S/C19H28N2O3/c1-3-20-15-10-19(24)17-8-12-4-5-13(22)9-14(12)18(19,11-16(15)23)6-7-21(17)2/h4-5,9,15-17,20,22-24H,3,6-8,10-11H2,1-2H3/t15-,16+,17+,18?,19+/m0/s1. The van der Waals surface area contributed by atoms with Crippen molar-refractivity contribution in [2.24, 2.45) is 0 Å². The van der Waals surface area contributed by atoms with E-state index in [1.165, 1.54) is 5.56 Å². The smallest absolute Gasteiger partial charge is 0.115 e. The van der Waals surface area contributed by atoms with Crippen LogP contribution in [-0.4, -0.2) is 64.1 Å². The summed E-state index contributed by atoms with van der Waals surface area (Å²) in [5.41, 5.74) is 0.890. The van der Waals surface area contributed by atoms with Gasteiger partial charge in [-0.1, -0.05) is 13.0 Å². The Bertz CT molecular complexity index is 651. The molecular weight excluding hydrogens is 304 g/mol. The first-order chi connectivity index (χ1) is 11.4. The van der Waals surface area contributed by atoms with Crippen LogP contribution in [-0.2, 0) is 11.8 Å². The van der Waals surface area contributed by atoms with Crippen LogP contribution in [0, 0.1) is 0 Å². The van der Waals surface area contributed by atoms with Crippen LogP contribution in [0.3, 0.4) is 0 Å². The van der Waals surface area contributed by atoms with Gasteiger partial charge in [0.25, 0.3) is 0 Å². The van der Waals surface area contributed by atoms with Gasteiger partial charge in [0, 0.05) is 17.5 Å². The largest absolute Gasteiger partial charge is 0.508 e. The summed E-state index contributed by atoms with van der Waals surface area (Å²) in [6.07, 6.45) is 2.21. The van der Waals surface area contributed by atoms with E-state index in [9.17, 15) is 15.3 Å². The summed E-state index contributed by atoms with van der Waals surface area (Å²) >= 11 is 0. The third-order valence-electron chi connectivity index (χ3n) is 6.85. The number of hydrogen-bond acceptors (Lipinski definition) is 5. The molecule has 1 aromatic rings. The zero-order valence-electron chi connectivity index (χ0n) is 14.5. The van der Waals surface area contributed by atoms with E-state index in [1.54, 1.807) is 6.07 Å². The normalized spacial score (nSPS) is 41.6. The first kappa shape index (κ1) is 16.3. The van der Waals surface area contributed by atoms with E-state index in [-0.39, 0.29) is 17.8 Å². The van der Waals surface area contributed by atoms with Crippen LogP contribution in [0.2, 0.25) is 0 Å². The van der Waals surface area contributed by atoms with Crippen molar-refractivity contribution in [1.29, 1.82) is 0 Å². The van der Waals surface area contributed by atoms with Crippen LogP contribution in [0.25, 0.3) is 0 Å². The summed E-state index contributed by atoms with van der Waals surface area (Å²) < 4.78 is 0. The molecule has 2 aliphatic carbocycles. The number of nitrogens with zero attached hydrogens (tertiary/aromatic N) is 1. The maximum atomic E-state index is 11.9. The first-order valence-electron chi connectivity index (χ1n) is 9.08. The highest BCUT2D eigenvalue weighted by Gasteiger charge is 2.65. The maximum Gasteiger partial charge on any atom is 0.115 e. The SMILES string of the molecule is CCN[C@H]1C[C@@]2(O)[C@H]3Cc4ccc(O)cc4C2(CCN3C)C[C@H]1O. The Balaban J connectivity index is 1.87. The summed E-state index contributed by atoms with van der Waals surface area (Å²) in [4.78, 5) is 2.27. The summed E-state index contributed by atoms with van der Waals surface area (Å²) in [6.45, 7) is 3.71. The average molecular weight is 332 g/mol. The van der Waals surface area contributed by atoms with Gasteiger partial charge in [-0.3, -0.25) is 0 Å². The van der Waals surface area contributed by atoms with Crippen LogP contribution in [0.1, 0.15) is 37.3 Å². The van der Waals surface area contributed by atoms with E-state index in [4.69, 9.17) is 0 Å². The van der Waals surface area contributed by atoms with E-state index >= 15 is 0 Å². The molecule has 1 saturated carbocycles. The Labute approximate surface area is 143 Å². The molecule has 1 aliphatic heterocycles. The van der Waals surface area contributed by atoms with Crippen LogP contribution < -0.4 is 5.32 Å². The van der Waals surface area contributed by atoms with Gasteiger partial charge in [-0.25, -0.2) is 0 Å². The molecule has 5 heteroatoms. The number of likely N-dealkylation sites (tertiary alicyclic amines) is 1. The van der Waals surface area contributed by atoms with Crippen molar-refractivity contribution in [2.75, 3.05) is 20.1 Å². The van der Waals surface area contributed by atoms with Crippen molar-refractivity contribution in [1.82, 2.24) is 10.2 Å². The molecule has 1 aromatic carbocycles. The van der Waals surface area contributed by atoms with Crippen molar-refractivity contribution in [3.63, 3.8) is 0 Å². The van der Waals surface area contributed by atoms with E-state index in [1.807, 2.05) is 19.1 Å². The Hall–Kier alpha value is -1.14. The molecule has 1 saturated heterocycles. The fourth-order valence-corrected chi connectivity index (χ4v) is 5.67. The lowest BCUT2D eigenvalue weighted by Gasteiger charge is -2.65. The predicted octanol–water partition coefficient (Wildman–Crippen LogP) is 0.754. The second-order valence-electron chi connectivity index (χ2n) is 7.94. The van der Waals surface area contributed by atoms with Crippen LogP contribution in [0.5, 0.6) is 5.75 Å². The van der Waals surface area contributed by atoms with Gasteiger partial charge in [-0.05, 0) is 69.1 Å². The summed E-state index contributed by atoms with van der Waals surface area (Å²) in [7, 11) is 2.09. The third-order valence-corrected chi connectivity index (χ3v) is 6.85. The number of aliphatic hydroxyl groups is 2. The molecule has 5 nitrogen and oxygen atoms in total. The number of rotatable bonds is 2. The Morgan fingerprint density at radius 2 is 2.12 bits per heavy atom. The molecule has 2 fully saturated rings. The number of fused-ring (bicyclic) bond motifs is 1. The molecule has 2 bridgehead atoms. The summed E-state index contributed by atoms with van der Waals surface area (Å²) in [5.74, 6) is 0.242. The van der Waals surface area contributed by atoms with Gasteiger partial charge >= 0.3 is 0 Å². The Kier molecular flexibility index (Phi) is 3.69. The van der Waals surface area contributed by atoms with Gasteiger partial charge in [-0.15, -0.1) is 0 Å². The number of benzene rings is 1. The predicted molar refractivity (Wildman–Crippen MR) is 92.2 cm³/mol. The first-order valence-corrected chi connectivity index (χ1v) is 9.08. The molecule has 24 heavy (non-hydrogen) atoms. The lowest BCUT2D eigenvalue weighted by Crippen LogP contribution is -2.75. The Morgan fingerprint density at radius 3 is 2.88 bits per heavy atom. The van der Waals surface area contributed by atoms with Crippen molar-refractivity contribution in [2.45, 2.75) is 61.8 Å². The highest BCUT2D eigenvalue weighted by molar-refractivity contribution is 5.48. The zero-order chi connectivity index (χ0) is 17.1. The lowest BCUT2D eigenvalue weighted by molar-refractivity contribution is -0.185. The van der Waals surface area contributed by atoms with Gasteiger partial charge in [-0.2, -0.15) is 0 Å². The van der Waals surface area contributed by atoms with E-state index in [0.29, 0.717) is 12.8 Å². The second kappa shape index (κ2) is 5.43. The van der Waals surface area contributed by atoms with E-state index in [2.05, 4.69) is 17.3 Å². The monoisotopic (exact) mass is 332 g/mol. The molecular formula is C19H28N2O3. The fourth-order valence-electron chi connectivity index (χ4n) is 5.67. The number of likely N-dealkylation sites (N-methyl/N-ethyl adjacent to an activating group) is 2. The van der Waals surface area contributed by atoms with Gasteiger partial charge < -0.3 is 25.5 Å². The minimum atomic E-state index is -0.882. The fraction of sp³-hybridized carbons (Fsp3) is 0.684. The molecule has 3 aliphatic rings. The molecule has 0 aromatic heterocycles. The molecule has 5 atom stereocenters. The number of nitrogens with one attached hydrogen (secondary N) is 1. The zero-order valence-corrected chi connectivity index (χ0v) is 14.5. The molecule has 4 N–H and O–H groups in total. The molecule has 0 spiro atoms. The molecule has 4 rings (SSSR count). The minimum absolute atomic E-state index is 0.0527. The lowest BCUT2D eigenvalue weighted by atomic mass is 9.48. The Morgan fingerprint density at radius 1 is 1.33 bits per heavy atom. The topological polar surface area (TPSA) is 76.0 Å². The van der Waals surface area contributed by atoms with Crippen molar-refractivity contribution >= 4 is 0 Å². The molecule has 132 valence electrons. The summed E-state index contributed by atoms with van der Waals surface area (Å²) in [5, 5.41) is 36.1. The van der Waals surface area contributed by atoms with E-state index < -0.39 is 17.1 Å². The van der Waals surface area contributed by atoms with Crippen LogP contribution >= 0.6 is 0 Å². The number of phenols is 1. The van der Waals surface area contributed by atoms with Crippen LogP contribution in [0.15, 0.2) is 18.2 Å². The third kappa shape index (κ3) is 2.02. The molecule has 0 amide bonds. The number of hydrogen-bond donors (Lipinski definition) is 4. The highest BCUT2D eigenvalue weighted by atomic mass is 16.3. The maximum absolute atomic E-state index is 11.9.